The number of anilines is 2. The third kappa shape index (κ3) is 3.75. The number of amides is 1. The monoisotopic (exact) mass is 364 g/mol. The summed E-state index contributed by atoms with van der Waals surface area (Å²) < 4.78 is 13.9. The second kappa shape index (κ2) is 7.32. The molecule has 3 aromatic rings. The third-order valence-electron chi connectivity index (χ3n) is 4.91. The van der Waals surface area contributed by atoms with Gasteiger partial charge in [-0.3, -0.25) is 9.78 Å². The fourth-order valence-corrected chi connectivity index (χ4v) is 3.37. The van der Waals surface area contributed by atoms with Crippen LogP contribution in [-0.2, 0) is 0 Å². The van der Waals surface area contributed by atoms with Crippen LogP contribution in [0.5, 0.6) is 0 Å². The molecule has 2 heterocycles. The molecule has 2 aromatic carbocycles. The van der Waals surface area contributed by atoms with Crippen LogP contribution in [0.25, 0.3) is 10.9 Å². The summed E-state index contributed by atoms with van der Waals surface area (Å²) in [7, 11) is 2.07. The SMILES string of the molecule is CN1CCN(c2ccc(F)cc2C(=O)Nc2ccc3ncccc3c2)CC1. The Morgan fingerprint density at radius 2 is 1.89 bits per heavy atom. The number of carbonyl (C=O) groups is 1. The fraction of sp³-hybridized carbons (Fsp3) is 0.238. The van der Waals surface area contributed by atoms with E-state index in [1.54, 1.807) is 12.3 Å². The van der Waals surface area contributed by atoms with Crippen LogP contribution in [0.15, 0.2) is 54.7 Å². The second-order valence-corrected chi connectivity index (χ2v) is 6.82. The summed E-state index contributed by atoms with van der Waals surface area (Å²) in [4.78, 5) is 21.6. The summed E-state index contributed by atoms with van der Waals surface area (Å²) in [6, 6.07) is 13.7. The molecular formula is C21H21FN4O. The van der Waals surface area contributed by atoms with Crippen molar-refractivity contribution in [3.63, 3.8) is 0 Å². The number of likely N-dealkylation sites (N-methyl/N-ethyl adjacent to an activating group) is 1. The average molecular weight is 364 g/mol. The molecule has 1 aliphatic rings. The van der Waals surface area contributed by atoms with Crippen molar-refractivity contribution in [1.29, 1.82) is 0 Å². The standard InChI is InChI=1S/C21H21FN4O/c1-25-9-11-26(12-10-25)20-7-4-16(22)14-18(20)21(27)24-17-5-6-19-15(13-17)3-2-8-23-19/h2-8,13-14H,9-12H2,1H3,(H,24,27). The minimum absolute atomic E-state index is 0.313. The van der Waals surface area contributed by atoms with Crippen LogP contribution in [0, 0.1) is 5.82 Å². The van der Waals surface area contributed by atoms with Crippen LogP contribution in [-0.4, -0.2) is 49.0 Å². The van der Waals surface area contributed by atoms with Gasteiger partial charge in [0.25, 0.3) is 5.91 Å². The lowest BCUT2D eigenvalue weighted by molar-refractivity contribution is 0.102. The molecule has 0 spiro atoms. The van der Waals surface area contributed by atoms with Gasteiger partial charge in [-0.2, -0.15) is 0 Å². The highest BCUT2D eigenvalue weighted by Crippen LogP contribution is 2.25. The first-order chi connectivity index (χ1) is 13.1. The molecule has 0 saturated carbocycles. The molecule has 5 nitrogen and oxygen atoms in total. The van der Waals surface area contributed by atoms with E-state index in [-0.39, 0.29) is 5.91 Å². The Balaban J connectivity index is 1.61. The zero-order valence-electron chi connectivity index (χ0n) is 15.2. The Hall–Kier alpha value is -2.99. The third-order valence-corrected chi connectivity index (χ3v) is 4.91. The molecule has 1 aliphatic heterocycles. The second-order valence-electron chi connectivity index (χ2n) is 6.82. The quantitative estimate of drug-likeness (QED) is 0.774. The van der Waals surface area contributed by atoms with Gasteiger partial charge in [0, 0.05) is 49.1 Å². The molecule has 1 amide bonds. The predicted octanol–water partition coefficient (Wildman–Crippen LogP) is 3.38. The van der Waals surface area contributed by atoms with Gasteiger partial charge in [-0.1, -0.05) is 6.07 Å². The van der Waals surface area contributed by atoms with Crippen molar-refractivity contribution >= 4 is 28.2 Å². The Morgan fingerprint density at radius 3 is 2.70 bits per heavy atom. The number of hydrogen-bond donors (Lipinski definition) is 1. The topological polar surface area (TPSA) is 48.5 Å². The summed E-state index contributed by atoms with van der Waals surface area (Å²) in [5.74, 6) is -0.729. The molecule has 1 aromatic heterocycles. The highest BCUT2D eigenvalue weighted by atomic mass is 19.1. The molecule has 1 fully saturated rings. The molecule has 0 unspecified atom stereocenters. The number of hydrogen-bond acceptors (Lipinski definition) is 4. The van der Waals surface area contributed by atoms with Crippen molar-refractivity contribution in [3.05, 3.63) is 66.1 Å². The van der Waals surface area contributed by atoms with Crippen molar-refractivity contribution < 1.29 is 9.18 Å². The maximum atomic E-state index is 13.9. The first kappa shape index (κ1) is 17.4. The number of nitrogens with zero attached hydrogens (tertiary/aromatic N) is 3. The molecule has 0 radical (unpaired) electrons. The van der Waals surface area contributed by atoms with E-state index in [1.807, 2.05) is 30.3 Å². The van der Waals surface area contributed by atoms with Gasteiger partial charge in [-0.05, 0) is 49.5 Å². The first-order valence-corrected chi connectivity index (χ1v) is 8.99. The van der Waals surface area contributed by atoms with Crippen molar-refractivity contribution in [2.24, 2.45) is 0 Å². The summed E-state index contributed by atoms with van der Waals surface area (Å²) in [6.07, 6.45) is 1.73. The van der Waals surface area contributed by atoms with Crippen LogP contribution in [0.1, 0.15) is 10.4 Å². The van der Waals surface area contributed by atoms with Gasteiger partial charge >= 0.3 is 0 Å². The van der Waals surface area contributed by atoms with Crippen molar-refractivity contribution in [2.75, 3.05) is 43.4 Å². The smallest absolute Gasteiger partial charge is 0.257 e. The number of fused-ring (bicyclic) bond motifs is 1. The molecular weight excluding hydrogens is 343 g/mol. The maximum absolute atomic E-state index is 13.9. The molecule has 27 heavy (non-hydrogen) atoms. The zero-order valence-corrected chi connectivity index (χ0v) is 15.2. The number of nitrogens with one attached hydrogen (secondary N) is 1. The number of halogens is 1. The molecule has 0 aliphatic carbocycles. The minimum atomic E-state index is -0.416. The number of rotatable bonds is 3. The van der Waals surface area contributed by atoms with Crippen molar-refractivity contribution in [2.45, 2.75) is 0 Å². The van der Waals surface area contributed by atoms with E-state index in [2.05, 4.69) is 27.1 Å². The Bertz CT molecular complexity index is 983. The lowest BCUT2D eigenvalue weighted by atomic mass is 10.1. The van der Waals surface area contributed by atoms with Crippen LogP contribution in [0.2, 0.25) is 0 Å². The Morgan fingerprint density at radius 1 is 1.07 bits per heavy atom. The van der Waals surface area contributed by atoms with E-state index in [1.165, 1.54) is 12.1 Å². The highest BCUT2D eigenvalue weighted by Gasteiger charge is 2.21. The largest absolute Gasteiger partial charge is 0.368 e. The molecule has 6 heteroatoms. The summed E-state index contributed by atoms with van der Waals surface area (Å²) in [5.41, 5.74) is 2.64. The maximum Gasteiger partial charge on any atom is 0.257 e. The van der Waals surface area contributed by atoms with E-state index >= 15 is 0 Å². The number of pyridine rings is 1. The number of aromatic nitrogens is 1. The number of carbonyl (C=O) groups excluding carboxylic acids is 1. The van der Waals surface area contributed by atoms with Crippen LogP contribution in [0.4, 0.5) is 15.8 Å². The van der Waals surface area contributed by atoms with E-state index in [0.717, 1.165) is 42.8 Å². The predicted molar refractivity (Wildman–Crippen MR) is 106 cm³/mol. The molecule has 138 valence electrons. The molecule has 1 N–H and O–H groups in total. The van der Waals surface area contributed by atoms with Gasteiger partial charge < -0.3 is 15.1 Å². The van der Waals surface area contributed by atoms with Crippen molar-refractivity contribution in [3.8, 4) is 0 Å². The Kier molecular flexibility index (Phi) is 4.73. The fourth-order valence-electron chi connectivity index (χ4n) is 3.37. The zero-order chi connectivity index (χ0) is 18.8. The first-order valence-electron chi connectivity index (χ1n) is 8.99. The number of benzene rings is 2. The molecule has 4 rings (SSSR count). The summed E-state index contributed by atoms with van der Waals surface area (Å²) >= 11 is 0. The van der Waals surface area contributed by atoms with Crippen LogP contribution >= 0.6 is 0 Å². The van der Waals surface area contributed by atoms with E-state index in [0.29, 0.717) is 11.3 Å². The van der Waals surface area contributed by atoms with Crippen LogP contribution in [0.3, 0.4) is 0 Å². The van der Waals surface area contributed by atoms with Gasteiger partial charge in [0.05, 0.1) is 11.1 Å². The normalized spacial score (nSPS) is 15.1. The number of piperazine rings is 1. The summed E-state index contributed by atoms with van der Waals surface area (Å²) in [6.45, 7) is 3.44. The highest BCUT2D eigenvalue weighted by molar-refractivity contribution is 6.08. The van der Waals surface area contributed by atoms with Crippen LogP contribution < -0.4 is 10.2 Å². The molecule has 1 saturated heterocycles. The minimum Gasteiger partial charge on any atom is -0.368 e. The lowest BCUT2D eigenvalue weighted by Crippen LogP contribution is -2.45. The van der Waals surface area contributed by atoms with E-state index in [4.69, 9.17) is 0 Å². The van der Waals surface area contributed by atoms with E-state index in [9.17, 15) is 9.18 Å². The van der Waals surface area contributed by atoms with Gasteiger partial charge in [0.1, 0.15) is 5.82 Å². The average Bonchev–Trinajstić information content (AvgIpc) is 2.68. The van der Waals surface area contributed by atoms with Crippen molar-refractivity contribution in [1.82, 2.24) is 9.88 Å². The van der Waals surface area contributed by atoms with Gasteiger partial charge in [-0.15, -0.1) is 0 Å². The van der Waals surface area contributed by atoms with Gasteiger partial charge in [0.2, 0.25) is 0 Å². The van der Waals surface area contributed by atoms with Gasteiger partial charge in [-0.25, -0.2) is 4.39 Å². The molecule has 0 atom stereocenters. The van der Waals surface area contributed by atoms with E-state index < -0.39 is 5.82 Å². The summed E-state index contributed by atoms with van der Waals surface area (Å²) in [5, 5.41) is 3.83. The van der Waals surface area contributed by atoms with Gasteiger partial charge in [0.15, 0.2) is 0 Å². The molecule has 0 bridgehead atoms. The Labute approximate surface area is 157 Å². The lowest BCUT2D eigenvalue weighted by Gasteiger charge is -2.35.